The second kappa shape index (κ2) is 4.34. The van der Waals surface area contributed by atoms with Crippen LogP contribution in [0.3, 0.4) is 0 Å². The van der Waals surface area contributed by atoms with Gasteiger partial charge in [0.05, 0.1) is 0 Å². The monoisotopic (exact) mass is 206 g/mol. The lowest BCUT2D eigenvalue weighted by molar-refractivity contribution is -0.113. The van der Waals surface area contributed by atoms with E-state index in [9.17, 15) is 4.79 Å². The molecule has 0 aromatic rings. The van der Waals surface area contributed by atoms with Crippen molar-refractivity contribution in [3.05, 3.63) is 23.3 Å². The third-order valence-corrected chi connectivity index (χ3v) is 3.56. The second-order valence-corrected chi connectivity index (χ2v) is 5.36. The predicted molar refractivity (Wildman–Crippen MR) is 64.7 cm³/mol. The van der Waals surface area contributed by atoms with Gasteiger partial charge in [0.15, 0.2) is 5.78 Å². The SMILES string of the molecule is CC(=O)C(C)=C[C@@H]1C(C)=CCCC1(C)C. The standard InChI is InChI=1S/C14H22O/c1-10-7-6-8-14(4,5)13(10)9-11(2)12(3)15/h7,9,13H,6,8H2,1-5H3/t13-/m1/s1. The molecule has 0 N–H and O–H groups in total. The van der Waals surface area contributed by atoms with Gasteiger partial charge in [-0.1, -0.05) is 31.6 Å². The number of carbonyl (C=O) groups is 1. The maximum absolute atomic E-state index is 11.2. The van der Waals surface area contributed by atoms with Crippen LogP contribution >= 0.6 is 0 Å². The summed E-state index contributed by atoms with van der Waals surface area (Å²) in [6.07, 6.45) is 6.83. The first-order valence-corrected chi connectivity index (χ1v) is 5.70. The molecule has 0 heterocycles. The molecule has 0 saturated carbocycles. The molecule has 0 fully saturated rings. The van der Waals surface area contributed by atoms with Crippen LogP contribution in [0.1, 0.15) is 47.5 Å². The first-order chi connectivity index (χ1) is 6.84. The van der Waals surface area contributed by atoms with E-state index in [2.05, 4.69) is 32.9 Å². The van der Waals surface area contributed by atoms with Crippen molar-refractivity contribution in [2.45, 2.75) is 47.5 Å². The van der Waals surface area contributed by atoms with Crippen molar-refractivity contribution in [3.63, 3.8) is 0 Å². The first-order valence-electron chi connectivity index (χ1n) is 5.70. The van der Waals surface area contributed by atoms with E-state index in [4.69, 9.17) is 0 Å². The fourth-order valence-corrected chi connectivity index (χ4v) is 2.30. The summed E-state index contributed by atoms with van der Waals surface area (Å²) in [5.41, 5.74) is 2.59. The largest absolute Gasteiger partial charge is 0.295 e. The van der Waals surface area contributed by atoms with Crippen molar-refractivity contribution in [2.24, 2.45) is 11.3 Å². The van der Waals surface area contributed by atoms with Gasteiger partial charge in [0.1, 0.15) is 0 Å². The van der Waals surface area contributed by atoms with Crippen LogP contribution in [0, 0.1) is 11.3 Å². The van der Waals surface area contributed by atoms with Gasteiger partial charge in [0, 0.05) is 5.92 Å². The van der Waals surface area contributed by atoms with Crippen LogP contribution in [0.2, 0.25) is 0 Å². The third kappa shape index (κ3) is 2.80. The molecule has 1 nitrogen and oxygen atoms in total. The molecular weight excluding hydrogens is 184 g/mol. The van der Waals surface area contributed by atoms with Gasteiger partial charge in [-0.25, -0.2) is 0 Å². The Morgan fingerprint density at radius 3 is 2.53 bits per heavy atom. The fourth-order valence-electron chi connectivity index (χ4n) is 2.30. The Hall–Kier alpha value is -0.850. The van der Waals surface area contributed by atoms with Gasteiger partial charge in [-0.2, -0.15) is 0 Å². The minimum absolute atomic E-state index is 0.184. The first kappa shape index (κ1) is 12.2. The van der Waals surface area contributed by atoms with Gasteiger partial charge in [-0.3, -0.25) is 4.79 Å². The Labute approximate surface area is 93.3 Å². The normalized spacial score (nSPS) is 26.1. The van der Waals surface area contributed by atoms with Crippen molar-refractivity contribution in [2.75, 3.05) is 0 Å². The van der Waals surface area contributed by atoms with E-state index in [1.165, 1.54) is 18.4 Å². The number of rotatable bonds is 2. The van der Waals surface area contributed by atoms with Crippen LogP contribution in [0.5, 0.6) is 0 Å². The number of carbonyl (C=O) groups excluding carboxylic acids is 1. The maximum atomic E-state index is 11.2. The molecule has 0 spiro atoms. The molecule has 0 amide bonds. The molecule has 0 saturated heterocycles. The lowest BCUT2D eigenvalue weighted by Gasteiger charge is -2.37. The summed E-state index contributed by atoms with van der Waals surface area (Å²) in [5.74, 6) is 0.610. The molecule has 0 aliphatic heterocycles. The van der Waals surface area contributed by atoms with Crippen LogP contribution in [0.25, 0.3) is 0 Å². The Kier molecular flexibility index (Phi) is 3.54. The predicted octanol–water partition coefficient (Wildman–Crippen LogP) is 3.90. The molecular formula is C14H22O. The van der Waals surface area contributed by atoms with Crippen LogP contribution in [0.15, 0.2) is 23.3 Å². The van der Waals surface area contributed by atoms with E-state index >= 15 is 0 Å². The highest BCUT2D eigenvalue weighted by atomic mass is 16.1. The maximum Gasteiger partial charge on any atom is 0.155 e. The Morgan fingerprint density at radius 1 is 1.47 bits per heavy atom. The number of allylic oxidation sites excluding steroid dienone is 4. The van der Waals surface area contributed by atoms with Gasteiger partial charge in [-0.15, -0.1) is 0 Å². The third-order valence-electron chi connectivity index (χ3n) is 3.56. The molecule has 1 aliphatic rings. The van der Waals surface area contributed by atoms with Crippen LogP contribution < -0.4 is 0 Å². The lowest BCUT2D eigenvalue weighted by atomic mass is 9.68. The van der Waals surface area contributed by atoms with Crippen molar-refractivity contribution >= 4 is 5.78 Å². The number of Topliss-reactive ketones (excluding diaryl/α,β-unsaturated/α-hetero) is 1. The zero-order valence-corrected chi connectivity index (χ0v) is 10.6. The van der Waals surface area contributed by atoms with Gasteiger partial charge >= 0.3 is 0 Å². The Bertz CT molecular complexity index is 318. The molecule has 1 aliphatic carbocycles. The van der Waals surface area contributed by atoms with Crippen molar-refractivity contribution < 1.29 is 4.79 Å². The van der Waals surface area contributed by atoms with E-state index < -0.39 is 0 Å². The molecule has 1 heteroatoms. The summed E-state index contributed by atoms with van der Waals surface area (Å²) < 4.78 is 0. The molecule has 15 heavy (non-hydrogen) atoms. The average molecular weight is 206 g/mol. The van der Waals surface area contributed by atoms with Gasteiger partial charge in [0.25, 0.3) is 0 Å². The van der Waals surface area contributed by atoms with Gasteiger partial charge in [0.2, 0.25) is 0 Å². The molecule has 0 aromatic heterocycles. The zero-order chi connectivity index (χ0) is 11.6. The molecule has 84 valence electrons. The smallest absolute Gasteiger partial charge is 0.155 e. The number of ketones is 1. The molecule has 1 atom stereocenters. The van der Waals surface area contributed by atoms with E-state index in [1.54, 1.807) is 6.92 Å². The summed E-state index contributed by atoms with van der Waals surface area (Å²) in [7, 11) is 0. The summed E-state index contributed by atoms with van der Waals surface area (Å²) in [5, 5.41) is 0. The molecule has 0 bridgehead atoms. The van der Waals surface area contributed by atoms with E-state index in [0.29, 0.717) is 5.92 Å². The van der Waals surface area contributed by atoms with E-state index in [-0.39, 0.29) is 11.2 Å². The second-order valence-electron chi connectivity index (χ2n) is 5.36. The highest BCUT2D eigenvalue weighted by Crippen LogP contribution is 2.42. The topological polar surface area (TPSA) is 17.1 Å². The fraction of sp³-hybridized carbons (Fsp3) is 0.643. The Morgan fingerprint density at radius 2 is 2.07 bits per heavy atom. The zero-order valence-electron chi connectivity index (χ0n) is 10.6. The van der Waals surface area contributed by atoms with Crippen LogP contribution in [-0.2, 0) is 4.79 Å². The van der Waals surface area contributed by atoms with Crippen molar-refractivity contribution in [1.29, 1.82) is 0 Å². The summed E-state index contributed by atoms with van der Waals surface area (Å²) in [6, 6.07) is 0. The van der Waals surface area contributed by atoms with E-state index in [0.717, 1.165) is 5.57 Å². The molecule has 0 radical (unpaired) electrons. The highest BCUT2D eigenvalue weighted by Gasteiger charge is 2.31. The molecule has 1 rings (SSSR count). The van der Waals surface area contributed by atoms with Gasteiger partial charge < -0.3 is 0 Å². The van der Waals surface area contributed by atoms with Crippen LogP contribution in [-0.4, -0.2) is 5.78 Å². The summed E-state index contributed by atoms with van der Waals surface area (Å²) in [6.45, 7) is 10.3. The highest BCUT2D eigenvalue weighted by molar-refractivity contribution is 5.92. The molecule has 0 unspecified atom stereocenters. The Balaban J connectivity index is 3.00. The summed E-state index contributed by atoms with van der Waals surface area (Å²) >= 11 is 0. The quantitative estimate of drug-likeness (QED) is 0.494. The number of hydrogen-bond acceptors (Lipinski definition) is 1. The van der Waals surface area contributed by atoms with Crippen LogP contribution in [0.4, 0.5) is 0 Å². The molecule has 0 aromatic carbocycles. The summed E-state index contributed by atoms with van der Waals surface area (Å²) in [4.78, 5) is 11.2. The van der Waals surface area contributed by atoms with E-state index in [1.807, 2.05) is 6.92 Å². The average Bonchev–Trinajstić information content (AvgIpc) is 2.10. The lowest BCUT2D eigenvalue weighted by Crippen LogP contribution is -2.26. The number of hydrogen-bond donors (Lipinski definition) is 0. The minimum Gasteiger partial charge on any atom is -0.295 e. The van der Waals surface area contributed by atoms with Crippen molar-refractivity contribution in [1.82, 2.24) is 0 Å². The van der Waals surface area contributed by atoms with Crippen molar-refractivity contribution in [3.8, 4) is 0 Å². The minimum atomic E-state index is 0.184. The van der Waals surface area contributed by atoms with Gasteiger partial charge in [-0.05, 0) is 44.6 Å².